The summed E-state index contributed by atoms with van der Waals surface area (Å²) in [4.78, 5) is 19.7. The van der Waals surface area contributed by atoms with Crippen LogP contribution in [0.2, 0.25) is 0 Å². The highest BCUT2D eigenvalue weighted by Crippen LogP contribution is 2.29. The average Bonchev–Trinajstić information content (AvgIpc) is 2.93. The smallest absolute Gasteiger partial charge is 0.253 e. The maximum Gasteiger partial charge on any atom is 0.253 e. The minimum atomic E-state index is 0.127. The fourth-order valence-electron chi connectivity index (χ4n) is 4.23. The van der Waals surface area contributed by atoms with Crippen LogP contribution >= 0.6 is 0 Å². The molecule has 0 aromatic heterocycles. The first-order chi connectivity index (χ1) is 12.1. The van der Waals surface area contributed by atoms with Gasteiger partial charge in [0.05, 0.1) is 6.61 Å². The van der Waals surface area contributed by atoms with Crippen molar-refractivity contribution in [1.29, 1.82) is 0 Å². The van der Waals surface area contributed by atoms with Crippen LogP contribution < -0.4 is 4.90 Å². The molecule has 0 radical (unpaired) electrons. The molecule has 1 N–H and O–H groups in total. The molecule has 4 rings (SSSR count). The molecule has 5 nitrogen and oxygen atoms in total. The Balaban J connectivity index is 1.68. The highest BCUT2D eigenvalue weighted by Gasteiger charge is 2.36. The summed E-state index contributed by atoms with van der Waals surface area (Å²) in [5.74, 6) is 0.774. The lowest BCUT2D eigenvalue weighted by molar-refractivity contribution is 0.0738. The molecule has 3 heterocycles. The topological polar surface area (TPSA) is 47.0 Å². The Kier molecular flexibility index (Phi) is 5.97. The molecule has 0 aliphatic carbocycles. The standard InChI is InChI=1S/C20H31N3O2/c1-3-10-22-13-16-4-7-19(22)15-23(14-16)20(25)17-5-8-18(9-6-17)21(2)11-12-24/h5-6,8-9,16,19,24H,3-4,7,10-15H2,1-2H3/t16-,19-/m1/s1. The van der Waals surface area contributed by atoms with E-state index < -0.39 is 0 Å². The number of hydrogen-bond donors (Lipinski definition) is 1. The SMILES string of the molecule is CCCN1C[C@H]2CC[C@@H]1CN(C(=O)c1ccc(N(C)CCO)cc1)C2. The molecular formula is C20H31N3O2. The molecule has 1 aromatic carbocycles. The number of aliphatic hydroxyl groups is 1. The summed E-state index contributed by atoms with van der Waals surface area (Å²) in [6, 6.07) is 8.31. The van der Waals surface area contributed by atoms with Gasteiger partial charge in [-0.15, -0.1) is 0 Å². The maximum absolute atomic E-state index is 13.0. The van der Waals surface area contributed by atoms with E-state index in [1.165, 1.54) is 19.3 Å². The highest BCUT2D eigenvalue weighted by atomic mass is 16.3. The Bertz CT molecular complexity index is 575. The third-order valence-electron chi connectivity index (χ3n) is 5.62. The summed E-state index contributed by atoms with van der Waals surface area (Å²) in [5, 5.41) is 9.05. The molecule has 1 amide bonds. The van der Waals surface area contributed by atoms with Crippen molar-refractivity contribution in [2.75, 3.05) is 51.3 Å². The van der Waals surface area contributed by atoms with E-state index in [4.69, 9.17) is 5.11 Å². The Labute approximate surface area is 151 Å². The summed E-state index contributed by atoms with van der Waals surface area (Å²) >= 11 is 0. The van der Waals surface area contributed by atoms with Crippen molar-refractivity contribution >= 4 is 11.6 Å². The van der Waals surface area contributed by atoms with Gasteiger partial charge >= 0.3 is 0 Å². The first-order valence-corrected chi connectivity index (χ1v) is 9.57. The quantitative estimate of drug-likeness (QED) is 0.857. The van der Waals surface area contributed by atoms with Crippen LogP contribution in [0.15, 0.2) is 24.3 Å². The monoisotopic (exact) mass is 345 g/mol. The van der Waals surface area contributed by atoms with Crippen LogP contribution in [0.3, 0.4) is 0 Å². The number of rotatable bonds is 6. The van der Waals surface area contributed by atoms with E-state index in [0.717, 1.165) is 37.4 Å². The Morgan fingerprint density at radius 1 is 1.20 bits per heavy atom. The second-order valence-electron chi connectivity index (χ2n) is 7.49. The van der Waals surface area contributed by atoms with Gasteiger partial charge in [-0.3, -0.25) is 9.69 Å². The van der Waals surface area contributed by atoms with E-state index >= 15 is 0 Å². The number of amides is 1. The van der Waals surface area contributed by atoms with Gasteiger partial charge in [-0.2, -0.15) is 0 Å². The van der Waals surface area contributed by atoms with E-state index in [-0.39, 0.29) is 12.5 Å². The van der Waals surface area contributed by atoms with Gasteiger partial charge in [-0.1, -0.05) is 6.92 Å². The number of fused-ring (bicyclic) bond motifs is 4. The minimum Gasteiger partial charge on any atom is -0.395 e. The van der Waals surface area contributed by atoms with Gasteiger partial charge in [-0.25, -0.2) is 0 Å². The Morgan fingerprint density at radius 3 is 2.64 bits per heavy atom. The van der Waals surface area contributed by atoms with Gasteiger partial charge in [0.25, 0.3) is 5.91 Å². The van der Waals surface area contributed by atoms with Crippen molar-refractivity contribution in [1.82, 2.24) is 9.80 Å². The van der Waals surface area contributed by atoms with Crippen LogP contribution in [0, 0.1) is 5.92 Å². The molecule has 0 unspecified atom stereocenters. The third-order valence-corrected chi connectivity index (χ3v) is 5.62. The Morgan fingerprint density at radius 2 is 1.96 bits per heavy atom. The molecule has 138 valence electrons. The van der Waals surface area contributed by atoms with Crippen LogP contribution in [-0.2, 0) is 0 Å². The fraction of sp³-hybridized carbons (Fsp3) is 0.650. The molecular weight excluding hydrogens is 314 g/mol. The largest absolute Gasteiger partial charge is 0.395 e. The van der Waals surface area contributed by atoms with E-state index in [9.17, 15) is 4.79 Å². The summed E-state index contributed by atoms with van der Waals surface area (Å²) in [6.07, 6.45) is 3.65. The van der Waals surface area contributed by atoms with Crippen molar-refractivity contribution in [2.24, 2.45) is 5.92 Å². The predicted molar refractivity (Wildman–Crippen MR) is 101 cm³/mol. The van der Waals surface area contributed by atoms with Crippen molar-refractivity contribution in [3.05, 3.63) is 29.8 Å². The van der Waals surface area contributed by atoms with E-state index in [0.29, 0.717) is 18.5 Å². The Hall–Kier alpha value is -1.59. The van der Waals surface area contributed by atoms with Crippen LogP contribution in [-0.4, -0.2) is 73.2 Å². The number of piperidine rings is 1. The van der Waals surface area contributed by atoms with Gasteiger partial charge in [0, 0.05) is 50.5 Å². The van der Waals surface area contributed by atoms with Crippen molar-refractivity contribution < 1.29 is 9.90 Å². The second kappa shape index (κ2) is 8.19. The number of carbonyl (C=O) groups excluding carboxylic acids is 1. The number of likely N-dealkylation sites (N-methyl/N-ethyl adjacent to an activating group) is 1. The van der Waals surface area contributed by atoms with Crippen LogP contribution in [0.25, 0.3) is 0 Å². The molecule has 3 fully saturated rings. The summed E-state index contributed by atoms with van der Waals surface area (Å²) in [7, 11) is 1.95. The van der Waals surface area contributed by atoms with Crippen molar-refractivity contribution in [2.45, 2.75) is 32.2 Å². The van der Waals surface area contributed by atoms with Crippen molar-refractivity contribution in [3.63, 3.8) is 0 Å². The van der Waals surface area contributed by atoms with Crippen LogP contribution in [0.1, 0.15) is 36.5 Å². The number of carbonyl (C=O) groups is 1. The zero-order valence-electron chi connectivity index (χ0n) is 15.5. The van der Waals surface area contributed by atoms with Crippen molar-refractivity contribution in [3.8, 4) is 0 Å². The average molecular weight is 345 g/mol. The van der Waals surface area contributed by atoms with E-state index in [2.05, 4.69) is 16.7 Å². The van der Waals surface area contributed by atoms with Gasteiger partial charge in [0.15, 0.2) is 0 Å². The number of benzene rings is 1. The lowest BCUT2D eigenvalue weighted by atomic mass is 9.95. The maximum atomic E-state index is 13.0. The van der Waals surface area contributed by atoms with E-state index in [1.807, 2.05) is 36.2 Å². The third kappa shape index (κ3) is 4.15. The molecule has 1 aromatic rings. The molecule has 0 saturated carbocycles. The summed E-state index contributed by atoms with van der Waals surface area (Å²) in [5.41, 5.74) is 1.79. The first-order valence-electron chi connectivity index (χ1n) is 9.57. The molecule has 0 spiro atoms. The normalized spacial score (nSPS) is 23.6. The lowest BCUT2D eigenvalue weighted by Gasteiger charge is -2.35. The fourth-order valence-corrected chi connectivity index (χ4v) is 4.23. The highest BCUT2D eigenvalue weighted by molar-refractivity contribution is 5.94. The summed E-state index contributed by atoms with van der Waals surface area (Å²) in [6.45, 7) is 7.00. The molecule has 3 aliphatic heterocycles. The number of nitrogens with zero attached hydrogens (tertiary/aromatic N) is 3. The number of aliphatic hydroxyl groups excluding tert-OH is 1. The summed E-state index contributed by atoms with van der Waals surface area (Å²) < 4.78 is 0. The van der Waals surface area contributed by atoms with Gasteiger partial charge in [0.1, 0.15) is 0 Å². The molecule has 25 heavy (non-hydrogen) atoms. The van der Waals surface area contributed by atoms with Gasteiger partial charge in [-0.05, 0) is 56.0 Å². The number of hydrogen-bond acceptors (Lipinski definition) is 4. The zero-order chi connectivity index (χ0) is 17.8. The first kappa shape index (κ1) is 18.2. The van der Waals surface area contributed by atoms with Crippen LogP contribution in [0.4, 0.5) is 5.69 Å². The zero-order valence-corrected chi connectivity index (χ0v) is 15.5. The van der Waals surface area contributed by atoms with Gasteiger partial charge < -0.3 is 14.9 Å². The van der Waals surface area contributed by atoms with Gasteiger partial charge in [0.2, 0.25) is 0 Å². The van der Waals surface area contributed by atoms with E-state index in [1.54, 1.807) is 0 Å². The minimum absolute atomic E-state index is 0.127. The molecule has 3 saturated heterocycles. The number of anilines is 1. The molecule has 2 bridgehead atoms. The van der Waals surface area contributed by atoms with Crippen LogP contribution in [0.5, 0.6) is 0 Å². The molecule has 2 atom stereocenters. The molecule has 5 heteroatoms. The predicted octanol–water partition coefficient (Wildman–Crippen LogP) is 2.06. The molecule has 3 aliphatic rings. The second-order valence-corrected chi connectivity index (χ2v) is 7.49. The lowest BCUT2D eigenvalue weighted by Crippen LogP contribution is -2.44.